The molecule has 1 aromatic rings. The molecule has 2 heterocycles. The molecule has 1 saturated heterocycles. The second kappa shape index (κ2) is 4.28. The smallest absolute Gasteiger partial charge is 0.184 e. The van der Waals surface area contributed by atoms with Crippen LogP contribution in [0, 0.1) is 0 Å². The minimum atomic E-state index is 0.730. The number of hydrogen-bond acceptors (Lipinski definition) is 3. The van der Waals surface area contributed by atoms with Crippen LogP contribution in [0.5, 0.6) is 0 Å². The molecule has 0 aromatic carbocycles. The molecule has 3 nitrogen and oxygen atoms in total. The first-order valence-corrected chi connectivity index (χ1v) is 5.99. The summed E-state index contributed by atoms with van der Waals surface area (Å²) >= 11 is 1.75. The van der Waals surface area contributed by atoms with E-state index < -0.39 is 0 Å². The monoisotopic (exact) mass is 211 g/mol. The van der Waals surface area contributed by atoms with Gasteiger partial charge in [-0.25, -0.2) is 0 Å². The summed E-state index contributed by atoms with van der Waals surface area (Å²) in [5.74, 6) is 0.730. The van der Waals surface area contributed by atoms with Gasteiger partial charge in [-0.15, -0.1) is 11.3 Å². The van der Waals surface area contributed by atoms with Gasteiger partial charge >= 0.3 is 0 Å². The van der Waals surface area contributed by atoms with E-state index in [1.165, 1.54) is 18.5 Å². The standard InChI is InChI=1S/C10H17N3S/c1-11-10-13(2)9(7-14-10)8-3-5-12-6-4-8/h7-8,12H,3-6H2,1-2H3. The number of aromatic nitrogens is 1. The number of thiazole rings is 1. The first kappa shape index (κ1) is 9.93. The predicted molar refractivity (Wildman–Crippen MR) is 59.6 cm³/mol. The number of piperidine rings is 1. The van der Waals surface area contributed by atoms with Crippen molar-refractivity contribution in [2.75, 3.05) is 20.1 Å². The molecule has 0 unspecified atom stereocenters. The Labute approximate surface area is 88.5 Å². The summed E-state index contributed by atoms with van der Waals surface area (Å²) < 4.78 is 2.24. The van der Waals surface area contributed by atoms with Gasteiger partial charge in [-0.1, -0.05) is 0 Å². The molecule has 78 valence electrons. The quantitative estimate of drug-likeness (QED) is 0.740. The second-order valence-corrected chi connectivity index (χ2v) is 4.59. The average molecular weight is 211 g/mol. The highest BCUT2D eigenvalue weighted by atomic mass is 32.1. The van der Waals surface area contributed by atoms with Crippen LogP contribution in [0.4, 0.5) is 0 Å². The van der Waals surface area contributed by atoms with Crippen LogP contribution >= 0.6 is 11.3 Å². The van der Waals surface area contributed by atoms with Crippen LogP contribution in [0.3, 0.4) is 0 Å². The molecule has 0 bridgehead atoms. The fourth-order valence-corrected chi connectivity index (χ4v) is 3.02. The van der Waals surface area contributed by atoms with Crippen molar-refractivity contribution in [2.45, 2.75) is 18.8 Å². The van der Waals surface area contributed by atoms with Crippen molar-refractivity contribution in [1.29, 1.82) is 0 Å². The molecule has 2 rings (SSSR count). The van der Waals surface area contributed by atoms with Crippen LogP contribution in [0.2, 0.25) is 0 Å². The van der Waals surface area contributed by atoms with Gasteiger partial charge in [-0.05, 0) is 25.9 Å². The molecule has 1 N–H and O–H groups in total. The molecule has 0 aliphatic carbocycles. The van der Waals surface area contributed by atoms with Gasteiger partial charge in [0.25, 0.3) is 0 Å². The maximum absolute atomic E-state index is 4.25. The van der Waals surface area contributed by atoms with Gasteiger partial charge in [0.15, 0.2) is 4.80 Å². The molecule has 1 aromatic heterocycles. The number of nitrogens with one attached hydrogen (secondary N) is 1. The molecule has 1 fully saturated rings. The Hall–Kier alpha value is -0.610. The molecular weight excluding hydrogens is 194 g/mol. The van der Waals surface area contributed by atoms with Crippen molar-refractivity contribution < 1.29 is 0 Å². The average Bonchev–Trinajstić information content (AvgIpc) is 2.61. The van der Waals surface area contributed by atoms with E-state index in [1.807, 2.05) is 7.05 Å². The molecule has 0 amide bonds. The van der Waals surface area contributed by atoms with Gasteiger partial charge < -0.3 is 9.88 Å². The highest BCUT2D eigenvalue weighted by Crippen LogP contribution is 2.24. The maximum Gasteiger partial charge on any atom is 0.184 e. The summed E-state index contributed by atoms with van der Waals surface area (Å²) in [5, 5.41) is 5.66. The van der Waals surface area contributed by atoms with Crippen molar-refractivity contribution >= 4 is 11.3 Å². The Kier molecular flexibility index (Phi) is 3.03. The van der Waals surface area contributed by atoms with Crippen molar-refractivity contribution in [3.63, 3.8) is 0 Å². The Morgan fingerprint density at radius 3 is 2.79 bits per heavy atom. The van der Waals surface area contributed by atoms with Crippen molar-refractivity contribution in [2.24, 2.45) is 12.0 Å². The molecular formula is C10H17N3S. The van der Waals surface area contributed by atoms with Gasteiger partial charge in [-0.3, -0.25) is 4.99 Å². The van der Waals surface area contributed by atoms with Crippen molar-refractivity contribution in [1.82, 2.24) is 9.88 Å². The zero-order valence-corrected chi connectivity index (χ0v) is 9.60. The summed E-state index contributed by atoms with van der Waals surface area (Å²) in [7, 11) is 3.98. The lowest BCUT2D eigenvalue weighted by Gasteiger charge is -2.22. The largest absolute Gasteiger partial charge is 0.324 e. The van der Waals surface area contributed by atoms with Gasteiger partial charge in [0.05, 0.1) is 0 Å². The molecule has 1 aliphatic rings. The van der Waals surface area contributed by atoms with E-state index in [-0.39, 0.29) is 0 Å². The van der Waals surface area contributed by atoms with E-state index in [4.69, 9.17) is 0 Å². The summed E-state index contributed by atoms with van der Waals surface area (Å²) in [5.41, 5.74) is 1.46. The van der Waals surface area contributed by atoms with Crippen molar-refractivity contribution in [3.8, 4) is 0 Å². The van der Waals surface area contributed by atoms with E-state index in [0.29, 0.717) is 0 Å². The molecule has 0 radical (unpaired) electrons. The normalized spacial score (nSPS) is 20.3. The molecule has 4 heteroatoms. The number of hydrogen-bond donors (Lipinski definition) is 1. The minimum Gasteiger partial charge on any atom is -0.324 e. The third kappa shape index (κ3) is 1.77. The van der Waals surface area contributed by atoms with Gasteiger partial charge in [0, 0.05) is 31.1 Å². The lowest BCUT2D eigenvalue weighted by Crippen LogP contribution is -2.28. The van der Waals surface area contributed by atoms with Gasteiger partial charge in [0.2, 0.25) is 0 Å². The summed E-state index contributed by atoms with van der Waals surface area (Å²) in [6.07, 6.45) is 2.52. The Morgan fingerprint density at radius 2 is 2.21 bits per heavy atom. The van der Waals surface area contributed by atoms with E-state index in [1.54, 1.807) is 11.3 Å². The summed E-state index contributed by atoms with van der Waals surface area (Å²) in [6, 6.07) is 0. The fraction of sp³-hybridized carbons (Fsp3) is 0.700. The zero-order valence-electron chi connectivity index (χ0n) is 8.79. The van der Waals surface area contributed by atoms with E-state index in [0.717, 1.165) is 23.8 Å². The maximum atomic E-state index is 4.25. The first-order valence-electron chi connectivity index (χ1n) is 5.11. The summed E-state index contributed by atoms with van der Waals surface area (Å²) in [6.45, 7) is 2.30. The third-order valence-electron chi connectivity index (χ3n) is 2.91. The van der Waals surface area contributed by atoms with Gasteiger partial charge in [-0.2, -0.15) is 0 Å². The van der Waals surface area contributed by atoms with Crippen LogP contribution in [0.15, 0.2) is 10.4 Å². The SMILES string of the molecule is CN=c1scc(C2CCNCC2)n1C. The number of nitrogens with zero attached hydrogens (tertiary/aromatic N) is 2. The van der Waals surface area contributed by atoms with Crippen LogP contribution in [-0.2, 0) is 7.05 Å². The Balaban J connectivity index is 2.27. The molecule has 0 saturated carbocycles. The molecule has 0 atom stereocenters. The lowest BCUT2D eigenvalue weighted by molar-refractivity contribution is 0.444. The first-order chi connectivity index (χ1) is 6.83. The second-order valence-electron chi connectivity index (χ2n) is 3.75. The van der Waals surface area contributed by atoms with Crippen molar-refractivity contribution in [3.05, 3.63) is 15.9 Å². The molecule has 0 spiro atoms. The highest BCUT2D eigenvalue weighted by Gasteiger charge is 2.17. The minimum absolute atomic E-state index is 0.730. The van der Waals surface area contributed by atoms with Crippen LogP contribution in [-0.4, -0.2) is 24.7 Å². The Bertz CT molecular complexity index is 358. The van der Waals surface area contributed by atoms with E-state index in [2.05, 4.69) is 27.3 Å². The lowest BCUT2D eigenvalue weighted by atomic mass is 9.95. The topological polar surface area (TPSA) is 29.3 Å². The van der Waals surface area contributed by atoms with E-state index >= 15 is 0 Å². The van der Waals surface area contributed by atoms with Crippen LogP contribution < -0.4 is 10.1 Å². The van der Waals surface area contributed by atoms with Gasteiger partial charge in [0.1, 0.15) is 0 Å². The molecule has 1 aliphatic heterocycles. The van der Waals surface area contributed by atoms with E-state index in [9.17, 15) is 0 Å². The predicted octanol–water partition coefficient (Wildman–Crippen LogP) is 1.08. The zero-order chi connectivity index (χ0) is 9.97. The Morgan fingerprint density at radius 1 is 1.50 bits per heavy atom. The third-order valence-corrected chi connectivity index (χ3v) is 3.93. The number of rotatable bonds is 1. The summed E-state index contributed by atoms with van der Waals surface area (Å²) in [4.78, 5) is 5.38. The highest BCUT2D eigenvalue weighted by molar-refractivity contribution is 7.07. The fourth-order valence-electron chi connectivity index (χ4n) is 2.07. The van der Waals surface area contributed by atoms with Crippen LogP contribution in [0.1, 0.15) is 24.5 Å². The molecule has 14 heavy (non-hydrogen) atoms. The van der Waals surface area contributed by atoms with Crippen LogP contribution in [0.25, 0.3) is 0 Å².